The first-order valence-electron chi connectivity index (χ1n) is 4.83. The fraction of sp³-hybridized carbons (Fsp3) is 0.364. The fourth-order valence-corrected chi connectivity index (χ4v) is 1.40. The van der Waals surface area contributed by atoms with E-state index < -0.39 is 5.75 Å². The summed E-state index contributed by atoms with van der Waals surface area (Å²) in [5.41, 5.74) is 0.0690. The monoisotopic (exact) mass is 243 g/mol. The molecule has 5 heteroatoms. The van der Waals surface area contributed by atoms with Gasteiger partial charge in [-0.05, 0) is 19.1 Å². The first-order chi connectivity index (χ1) is 7.49. The predicted octanol–water partition coefficient (Wildman–Crippen LogP) is 1.80. The number of amides is 1. The van der Waals surface area contributed by atoms with E-state index in [1.54, 1.807) is 14.0 Å². The van der Waals surface area contributed by atoms with Crippen molar-refractivity contribution in [3.05, 3.63) is 23.8 Å². The van der Waals surface area contributed by atoms with E-state index in [9.17, 15) is 15.0 Å². The van der Waals surface area contributed by atoms with Gasteiger partial charge in [0.25, 0.3) is 5.91 Å². The summed E-state index contributed by atoms with van der Waals surface area (Å²) in [6, 6.07) is 4.13. The van der Waals surface area contributed by atoms with Gasteiger partial charge in [-0.3, -0.25) is 4.79 Å². The van der Waals surface area contributed by atoms with Gasteiger partial charge in [0.1, 0.15) is 0 Å². The summed E-state index contributed by atoms with van der Waals surface area (Å²) < 4.78 is 0. The van der Waals surface area contributed by atoms with Crippen molar-refractivity contribution in [3.8, 4) is 11.5 Å². The quantitative estimate of drug-likeness (QED) is 0.629. The van der Waals surface area contributed by atoms with Crippen LogP contribution in [0.4, 0.5) is 0 Å². The van der Waals surface area contributed by atoms with Crippen LogP contribution < -0.4 is 0 Å². The highest BCUT2D eigenvalue weighted by Crippen LogP contribution is 2.29. The number of rotatable bonds is 3. The Bertz CT molecular complexity index is 395. The number of phenols is 2. The summed E-state index contributed by atoms with van der Waals surface area (Å²) in [7, 11) is 1.60. The van der Waals surface area contributed by atoms with Gasteiger partial charge >= 0.3 is 0 Å². The molecule has 0 bridgehead atoms. The van der Waals surface area contributed by atoms with Gasteiger partial charge in [0.15, 0.2) is 11.5 Å². The molecule has 1 atom stereocenters. The largest absolute Gasteiger partial charge is 0.504 e. The number of benzene rings is 1. The van der Waals surface area contributed by atoms with E-state index in [0.717, 1.165) is 0 Å². The Labute approximate surface area is 99.1 Å². The Hall–Kier alpha value is -1.42. The summed E-state index contributed by atoms with van der Waals surface area (Å²) >= 11 is 5.64. The number of halogens is 1. The van der Waals surface area contributed by atoms with Crippen molar-refractivity contribution in [2.45, 2.75) is 13.0 Å². The SMILES string of the molecule is CC(CCl)N(C)C(=O)c1cccc(O)c1O. The molecule has 0 saturated heterocycles. The molecular formula is C11H14ClNO3. The Kier molecular flexibility index (Phi) is 4.01. The number of phenolic OH excluding ortho intramolecular Hbond substituents is 2. The van der Waals surface area contributed by atoms with E-state index in [1.165, 1.54) is 23.1 Å². The molecule has 0 spiro atoms. The minimum Gasteiger partial charge on any atom is -0.504 e. The number of carbonyl (C=O) groups is 1. The molecule has 1 aromatic carbocycles. The zero-order valence-corrected chi connectivity index (χ0v) is 9.90. The van der Waals surface area contributed by atoms with Crippen molar-refractivity contribution >= 4 is 17.5 Å². The number of alkyl halides is 1. The van der Waals surface area contributed by atoms with Crippen molar-refractivity contribution in [2.75, 3.05) is 12.9 Å². The van der Waals surface area contributed by atoms with E-state index in [-0.39, 0.29) is 23.3 Å². The molecule has 1 aromatic rings. The molecule has 0 saturated carbocycles. The van der Waals surface area contributed by atoms with Crippen molar-refractivity contribution in [2.24, 2.45) is 0 Å². The van der Waals surface area contributed by atoms with Gasteiger partial charge in [-0.15, -0.1) is 11.6 Å². The fourth-order valence-electron chi connectivity index (χ4n) is 1.20. The molecule has 2 N–H and O–H groups in total. The molecule has 0 aliphatic carbocycles. The lowest BCUT2D eigenvalue weighted by molar-refractivity contribution is 0.0753. The van der Waals surface area contributed by atoms with Crippen LogP contribution in [0.2, 0.25) is 0 Å². The van der Waals surface area contributed by atoms with E-state index in [4.69, 9.17) is 11.6 Å². The van der Waals surface area contributed by atoms with E-state index in [2.05, 4.69) is 0 Å². The minimum atomic E-state index is -0.402. The summed E-state index contributed by atoms with van der Waals surface area (Å²) in [4.78, 5) is 13.3. The van der Waals surface area contributed by atoms with Gasteiger partial charge in [-0.25, -0.2) is 0 Å². The normalized spacial score (nSPS) is 12.2. The number of para-hydroxylation sites is 1. The van der Waals surface area contributed by atoms with Crippen LogP contribution in [-0.2, 0) is 0 Å². The molecule has 0 aliphatic rings. The zero-order valence-electron chi connectivity index (χ0n) is 9.14. The number of hydrogen-bond donors (Lipinski definition) is 2. The van der Waals surface area contributed by atoms with E-state index in [1.807, 2.05) is 0 Å². The molecule has 88 valence electrons. The average molecular weight is 244 g/mol. The van der Waals surface area contributed by atoms with Gasteiger partial charge in [-0.1, -0.05) is 6.07 Å². The summed E-state index contributed by atoms with van der Waals surface area (Å²) in [5, 5.41) is 18.8. The lowest BCUT2D eigenvalue weighted by Gasteiger charge is -2.23. The molecular weight excluding hydrogens is 230 g/mol. The maximum atomic E-state index is 11.9. The third kappa shape index (κ3) is 2.39. The van der Waals surface area contributed by atoms with E-state index >= 15 is 0 Å². The lowest BCUT2D eigenvalue weighted by Crippen LogP contribution is -2.36. The Morgan fingerprint density at radius 3 is 2.69 bits per heavy atom. The number of aromatic hydroxyl groups is 2. The summed E-state index contributed by atoms with van der Waals surface area (Å²) in [5.74, 6) is -0.776. The molecule has 0 aromatic heterocycles. The molecule has 1 rings (SSSR count). The highest BCUT2D eigenvalue weighted by Gasteiger charge is 2.20. The topological polar surface area (TPSA) is 60.8 Å². The molecule has 0 aliphatic heterocycles. The standard InChI is InChI=1S/C11H14ClNO3/c1-7(6-12)13(2)11(16)8-4-3-5-9(14)10(8)15/h3-5,7,14-15H,6H2,1-2H3. The molecule has 16 heavy (non-hydrogen) atoms. The van der Waals surface area contributed by atoms with Gasteiger partial charge in [0.05, 0.1) is 5.56 Å². The molecule has 0 radical (unpaired) electrons. The maximum absolute atomic E-state index is 11.9. The van der Waals surface area contributed by atoms with Gasteiger partial charge in [0, 0.05) is 19.0 Å². The zero-order chi connectivity index (χ0) is 12.3. The third-order valence-corrected chi connectivity index (χ3v) is 2.90. The number of hydrogen-bond acceptors (Lipinski definition) is 3. The van der Waals surface area contributed by atoms with Crippen molar-refractivity contribution in [1.82, 2.24) is 4.90 Å². The highest BCUT2D eigenvalue weighted by molar-refractivity contribution is 6.18. The number of nitrogens with zero attached hydrogens (tertiary/aromatic N) is 1. The van der Waals surface area contributed by atoms with Crippen molar-refractivity contribution in [3.63, 3.8) is 0 Å². The first kappa shape index (κ1) is 12.6. The second kappa shape index (κ2) is 5.07. The Balaban J connectivity index is 3.01. The van der Waals surface area contributed by atoms with Crippen LogP contribution in [0.25, 0.3) is 0 Å². The molecule has 4 nitrogen and oxygen atoms in total. The molecule has 1 amide bonds. The van der Waals surface area contributed by atoms with Crippen molar-refractivity contribution in [1.29, 1.82) is 0 Å². The van der Waals surface area contributed by atoms with Crippen molar-refractivity contribution < 1.29 is 15.0 Å². The average Bonchev–Trinajstić information content (AvgIpc) is 2.29. The highest BCUT2D eigenvalue weighted by atomic mass is 35.5. The van der Waals surface area contributed by atoms with Gasteiger partial charge in [-0.2, -0.15) is 0 Å². The lowest BCUT2D eigenvalue weighted by atomic mass is 10.1. The van der Waals surface area contributed by atoms with Crippen LogP contribution in [0.15, 0.2) is 18.2 Å². The molecule has 0 fully saturated rings. The van der Waals surface area contributed by atoms with E-state index in [0.29, 0.717) is 5.88 Å². The Morgan fingerprint density at radius 1 is 1.50 bits per heavy atom. The van der Waals surface area contributed by atoms with Crippen LogP contribution >= 0.6 is 11.6 Å². The summed E-state index contributed by atoms with van der Waals surface area (Å²) in [6.45, 7) is 1.80. The van der Waals surface area contributed by atoms with Crippen LogP contribution in [0.3, 0.4) is 0 Å². The second-order valence-corrected chi connectivity index (χ2v) is 3.90. The number of carbonyl (C=O) groups excluding carboxylic acids is 1. The van der Waals surface area contributed by atoms with Crippen LogP contribution in [-0.4, -0.2) is 40.0 Å². The minimum absolute atomic E-state index is 0.0690. The van der Waals surface area contributed by atoms with Crippen LogP contribution in [0, 0.1) is 0 Å². The third-order valence-electron chi connectivity index (χ3n) is 2.45. The molecule has 0 heterocycles. The van der Waals surface area contributed by atoms with Gasteiger partial charge in [0.2, 0.25) is 0 Å². The summed E-state index contributed by atoms with van der Waals surface area (Å²) in [6.07, 6.45) is 0. The smallest absolute Gasteiger partial charge is 0.257 e. The van der Waals surface area contributed by atoms with Gasteiger partial charge < -0.3 is 15.1 Å². The second-order valence-electron chi connectivity index (χ2n) is 3.59. The van der Waals surface area contributed by atoms with Crippen LogP contribution in [0.5, 0.6) is 11.5 Å². The molecule has 1 unspecified atom stereocenters. The van der Waals surface area contributed by atoms with Crippen LogP contribution in [0.1, 0.15) is 17.3 Å². The maximum Gasteiger partial charge on any atom is 0.257 e. The predicted molar refractivity (Wildman–Crippen MR) is 62.0 cm³/mol. The first-order valence-corrected chi connectivity index (χ1v) is 5.36. The Morgan fingerprint density at radius 2 is 2.12 bits per heavy atom.